The van der Waals surface area contributed by atoms with E-state index in [1.165, 1.54) is 24.0 Å². The molecule has 3 nitrogen and oxygen atoms in total. The zero-order chi connectivity index (χ0) is 12.3. The summed E-state index contributed by atoms with van der Waals surface area (Å²) in [5.74, 6) is 0.158. The van der Waals surface area contributed by atoms with Crippen molar-refractivity contribution in [2.45, 2.75) is 33.1 Å². The number of nitrogens with zero attached hydrogens (tertiary/aromatic N) is 1. The van der Waals surface area contributed by atoms with Crippen LogP contribution in [0, 0.1) is 5.41 Å². The minimum Gasteiger partial charge on any atom is -0.477 e. The van der Waals surface area contributed by atoms with Gasteiger partial charge in [-0.2, -0.15) is 0 Å². The Labute approximate surface area is 102 Å². The van der Waals surface area contributed by atoms with Gasteiger partial charge in [0.15, 0.2) is 0 Å². The average molecular weight is 230 g/mol. The van der Waals surface area contributed by atoms with Gasteiger partial charge in [-0.05, 0) is 50.8 Å². The van der Waals surface area contributed by atoms with E-state index in [0.29, 0.717) is 12.3 Å². The normalized spacial score (nSPS) is 15.2. The second kappa shape index (κ2) is 5.13. The fraction of sp³-hybridized carbons (Fsp3) is 0.429. The van der Waals surface area contributed by atoms with Gasteiger partial charge in [-0.3, -0.25) is 5.41 Å². The Morgan fingerprint density at radius 3 is 2.88 bits per heavy atom. The van der Waals surface area contributed by atoms with Gasteiger partial charge in [0.1, 0.15) is 5.69 Å². The summed E-state index contributed by atoms with van der Waals surface area (Å²) in [5, 5.41) is 7.75. The summed E-state index contributed by atoms with van der Waals surface area (Å²) < 4.78 is 5.18. The summed E-state index contributed by atoms with van der Waals surface area (Å²) in [4.78, 5) is 4.52. The van der Waals surface area contributed by atoms with Crippen LogP contribution >= 0.6 is 0 Å². The molecule has 0 unspecified atom stereocenters. The third-order valence-corrected chi connectivity index (χ3v) is 3.07. The van der Waals surface area contributed by atoms with Gasteiger partial charge in [0, 0.05) is 0 Å². The first-order valence-electron chi connectivity index (χ1n) is 6.10. The van der Waals surface area contributed by atoms with Gasteiger partial charge < -0.3 is 4.74 Å². The molecule has 1 aromatic rings. The lowest BCUT2D eigenvalue weighted by Gasteiger charge is -2.07. The van der Waals surface area contributed by atoms with E-state index in [1.54, 1.807) is 0 Å². The summed E-state index contributed by atoms with van der Waals surface area (Å²) in [6.45, 7) is 4.55. The van der Waals surface area contributed by atoms with Crippen LogP contribution in [0.3, 0.4) is 0 Å². The van der Waals surface area contributed by atoms with Crippen molar-refractivity contribution in [3.63, 3.8) is 0 Å². The van der Waals surface area contributed by atoms with Crippen LogP contribution in [0.25, 0.3) is 5.57 Å². The van der Waals surface area contributed by atoms with Gasteiger partial charge in [-0.25, -0.2) is 4.98 Å². The molecule has 1 heterocycles. The van der Waals surface area contributed by atoms with Crippen molar-refractivity contribution < 1.29 is 4.74 Å². The monoisotopic (exact) mass is 230 g/mol. The van der Waals surface area contributed by atoms with Gasteiger partial charge >= 0.3 is 0 Å². The Kier molecular flexibility index (Phi) is 3.57. The van der Waals surface area contributed by atoms with Crippen LogP contribution in [0.4, 0.5) is 0 Å². The predicted octanol–water partition coefficient (Wildman–Crippen LogP) is 3.40. The van der Waals surface area contributed by atoms with Gasteiger partial charge in [0.25, 0.3) is 0 Å². The number of rotatable bonds is 3. The van der Waals surface area contributed by atoms with E-state index in [4.69, 9.17) is 10.1 Å². The lowest BCUT2D eigenvalue weighted by molar-refractivity contribution is 0.324. The zero-order valence-electron chi connectivity index (χ0n) is 10.4. The molecule has 0 aliphatic heterocycles. The van der Waals surface area contributed by atoms with Crippen LogP contribution in [-0.4, -0.2) is 17.5 Å². The molecule has 0 saturated carbocycles. The molecule has 0 radical (unpaired) electrons. The number of ether oxygens (including phenoxy) is 1. The third kappa shape index (κ3) is 2.54. The Balaban J connectivity index is 2.29. The fourth-order valence-electron chi connectivity index (χ4n) is 2.19. The van der Waals surface area contributed by atoms with Crippen LogP contribution in [0.1, 0.15) is 44.5 Å². The molecule has 2 rings (SSSR count). The number of hydrogen-bond acceptors (Lipinski definition) is 3. The Morgan fingerprint density at radius 1 is 1.41 bits per heavy atom. The lowest BCUT2D eigenvalue weighted by Crippen LogP contribution is -2.08. The van der Waals surface area contributed by atoms with Crippen LogP contribution in [0.15, 0.2) is 23.8 Å². The molecule has 3 heteroatoms. The van der Waals surface area contributed by atoms with E-state index >= 15 is 0 Å². The van der Waals surface area contributed by atoms with Crippen molar-refractivity contribution in [2.75, 3.05) is 6.61 Å². The highest BCUT2D eigenvalue weighted by Gasteiger charge is 2.14. The number of allylic oxidation sites excluding steroid dienone is 2. The fourth-order valence-corrected chi connectivity index (χ4v) is 2.19. The van der Waals surface area contributed by atoms with E-state index in [9.17, 15) is 0 Å². The van der Waals surface area contributed by atoms with Crippen LogP contribution < -0.4 is 0 Å². The number of hydrogen-bond donors (Lipinski definition) is 1. The first-order chi connectivity index (χ1) is 8.22. The highest BCUT2D eigenvalue weighted by Crippen LogP contribution is 2.32. The largest absolute Gasteiger partial charge is 0.477 e. The second-order valence-electron chi connectivity index (χ2n) is 4.28. The standard InChI is InChI=1S/C14H18N2O/c1-3-17-14(15)13-9-5-8-12(16-13)11-7-4-6-10(11)2/h5,8-9,15H,3-4,6-7H2,1-2H3. The van der Waals surface area contributed by atoms with E-state index < -0.39 is 0 Å². The highest BCUT2D eigenvalue weighted by molar-refractivity contribution is 5.90. The third-order valence-electron chi connectivity index (χ3n) is 3.07. The second-order valence-corrected chi connectivity index (χ2v) is 4.28. The Bertz CT molecular complexity index is 463. The molecule has 1 aliphatic carbocycles. The summed E-state index contributed by atoms with van der Waals surface area (Å²) in [6.07, 6.45) is 3.49. The zero-order valence-corrected chi connectivity index (χ0v) is 10.4. The summed E-state index contributed by atoms with van der Waals surface area (Å²) >= 11 is 0. The van der Waals surface area contributed by atoms with E-state index in [-0.39, 0.29) is 5.90 Å². The molecule has 0 fully saturated rings. The molecule has 1 N–H and O–H groups in total. The first-order valence-corrected chi connectivity index (χ1v) is 6.10. The smallest absolute Gasteiger partial charge is 0.232 e. The van der Waals surface area contributed by atoms with Gasteiger partial charge in [0.2, 0.25) is 5.90 Å². The molecule has 1 aromatic heterocycles. The van der Waals surface area contributed by atoms with Crippen LogP contribution in [-0.2, 0) is 4.74 Å². The number of nitrogens with one attached hydrogen (secondary N) is 1. The topological polar surface area (TPSA) is 46.0 Å². The maximum atomic E-state index is 7.75. The highest BCUT2D eigenvalue weighted by atomic mass is 16.5. The molecular formula is C14H18N2O. The summed E-state index contributed by atoms with van der Waals surface area (Å²) in [7, 11) is 0. The summed E-state index contributed by atoms with van der Waals surface area (Å²) in [6, 6.07) is 5.79. The Hall–Kier alpha value is -1.64. The predicted molar refractivity (Wildman–Crippen MR) is 69.1 cm³/mol. The van der Waals surface area contributed by atoms with Gasteiger partial charge in [-0.15, -0.1) is 0 Å². The van der Waals surface area contributed by atoms with Crippen molar-refractivity contribution in [3.05, 3.63) is 35.2 Å². The van der Waals surface area contributed by atoms with Crippen molar-refractivity contribution in [1.82, 2.24) is 4.98 Å². The minimum absolute atomic E-state index is 0.158. The van der Waals surface area contributed by atoms with E-state index in [1.807, 2.05) is 25.1 Å². The molecule has 0 amide bonds. The number of aromatic nitrogens is 1. The first kappa shape index (κ1) is 11.8. The maximum absolute atomic E-state index is 7.75. The molecule has 17 heavy (non-hydrogen) atoms. The van der Waals surface area contributed by atoms with Crippen LogP contribution in [0.5, 0.6) is 0 Å². The van der Waals surface area contributed by atoms with Crippen molar-refractivity contribution in [3.8, 4) is 0 Å². The van der Waals surface area contributed by atoms with Gasteiger partial charge in [-0.1, -0.05) is 11.6 Å². The molecule has 0 aromatic carbocycles. The molecule has 0 atom stereocenters. The van der Waals surface area contributed by atoms with E-state index in [0.717, 1.165) is 12.1 Å². The van der Waals surface area contributed by atoms with Gasteiger partial charge in [0.05, 0.1) is 12.3 Å². The minimum atomic E-state index is 0.158. The molecule has 0 spiro atoms. The Morgan fingerprint density at radius 2 is 2.24 bits per heavy atom. The molecular weight excluding hydrogens is 212 g/mol. The SMILES string of the molecule is CCOC(=N)c1cccc(C2=C(C)CCC2)n1. The van der Waals surface area contributed by atoms with Crippen LogP contribution in [0.2, 0.25) is 0 Å². The van der Waals surface area contributed by atoms with Crippen molar-refractivity contribution in [1.29, 1.82) is 5.41 Å². The molecule has 90 valence electrons. The van der Waals surface area contributed by atoms with E-state index in [2.05, 4.69) is 11.9 Å². The molecule has 0 saturated heterocycles. The summed E-state index contributed by atoms with van der Waals surface area (Å²) in [5.41, 5.74) is 4.40. The number of pyridine rings is 1. The lowest BCUT2D eigenvalue weighted by atomic mass is 10.1. The van der Waals surface area contributed by atoms with Crippen molar-refractivity contribution >= 4 is 11.5 Å². The maximum Gasteiger partial charge on any atom is 0.232 e. The molecule has 1 aliphatic rings. The van der Waals surface area contributed by atoms with Crippen molar-refractivity contribution in [2.24, 2.45) is 0 Å². The quantitative estimate of drug-likeness (QED) is 0.639. The average Bonchev–Trinajstić information content (AvgIpc) is 2.76. The molecule has 0 bridgehead atoms.